The van der Waals surface area contributed by atoms with Crippen LogP contribution in [0.2, 0.25) is 0 Å². The lowest BCUT2D eigenvalue weighted by Crippen LogP contribution is -2.31. The second-order valence-electron chi connectivity index (χ2n) is 4.45. The molecule has 5 nitrogen and oxygen atoms in total. The summed E-state index contributed by atoms with van der Waals surface area (Å²) in [6, 6.07) is 3.91. The Hall–Kier alpha value is -2.37. The Morgan fingerprint density at radius 2 is 2.21 bits per heavy atom. The van der Waals surface area contributed by atoms with Crippen LogP contribution in [-0.4, -0.2) is 22.0 Å². The summed E-state index contributed by atoms with van der Waals surface area (Å²) in [7, 11) is 0. The second kappa shape index (κ2) is 3.81. The van der Waals surface area contributed by atoms with E-state index in [0.717, 1.165) is 0 Å². The van der Waals surface area contributed by atoms with E-state index in [1.807, 2.05) is 0 Å². The van der Waals surface area contributed by atoms with Crippen LogP contribution in [0.4, 0.5) is 4.39 Å². The molecule has 0 saturated heterocycles. The first-order valence-electron chi connectivity index (χ1n) is 5.72. The Morgan fingerprint density at radius 3 is 2.89 bits per heavy atom. The van der Waals surface area contributed by atoms with Crippen LogP contribution in [0.1, 0.15) is 23.3 Å². The minimum absolute atomic E-state index is 0.219. The lowest BCUT2D eigenvalue weighted by molar-refractivity contribution is 0.0166. The topological polar surface area (TPSA) is 68.5 Å². The van der Waals surface area contributed by atoms with Gasteiger partial charge in [0.1, 0.15) is 11.3 Å². The highest BCUT2D eigenvalue weighted by Crippen LogP contribution is 2.34. The molecule has 0 saturated carbocycles. The lowest BCUT2D eigenvalue weighted by atomic mass is 10.1. The highest BCUT2D eigenvalue weighted by molar-refractivity contribution is 5.94. The van der Waals surface area contributed by atoms with Crippen molar-refractivity contribution in [2.24, 2.45) is 0 Å². The predicted octanol–water partition coefficient (Wildman–Crippen LogP) is 1.95. The van der Waals surface area contributed by atoms with Crippen LogP contribution in [0, 0.1) is 0 Å². The molecule has 0 aliphatic carbocycles. The zero-order valence-corrected chi connectivity index (χ0v) is 9.96. The van der Waals surface area contributed by atoms with Crippen molar-refractivity contribution in [2.45, 2.75) is 19.3 Å². The monoisotopic (exact) mass is 263 g/mol. The number of hydrogen-bond donors (Lipinski definition) is 1. The first kappa shape index (κ1) is 11.7. The number of ether oxygens (including phenoxy) is 1. The fraction of sp³-hybridized carbons (Fsp3) is 0.231. The van der Waals surface area contributed by atoms with Gasteiger partial charge in [0.05, 0.1) is 16.9 Å². The van der Waals surface area contributed by atoms with Gasteiger partial charge in [0, 0.05) is 6.20 Å². The average Bonchev–Trinajstić information content (AvgIpc) is 2.37. The standard InChI is InChI=1S/C13H10FNO4/c1-6-12(14)19-9-4-2-3-7-10(9)15(6)5-8(11(7)16)13(17)18/h2-6,12H,1H3,(H,17,18)/t6-,12?/m0/s1. The maximum absolute atomic E-state index is 13.7. The van der Waals surface area contributed by atoms with Crippen molar-refractivity contribution in [3.05, 3.63) is 40.2 Å². The Balaban J connectivity index is 2.49. The van der Waals surface area contributed by atoms with Crippen LogP contribution in [0.15, 0.2) is 29.2 Å². The predicted molar refractivity (Wildman–Crippen MR) is 65.4 cm³/mol. The molecule has 1 aliphatic heterocycles. The maximum Gasteiger partial charge on any atom is 0.341 e. The summed E-state index contributed by atoms with van der Waals surface area (Å²) in [5.74, 6) is -1.08. The van der Waals surface area contributed by atoms with Gasteiger partial charge >= 0.3 is 5.97 Å². The van der Waals surface area contributed by atoms with Gasteiger partial charge in [0.2, 0.25) is 5.43 Å². The number of carboxylic acids is 1. The van der Waals surface area contributed by atoms with E-state index in [4.69, 9.17) is 9.84 Å². The molecule has 0 spiro atoms. The molecule has 1 aromatic heterocycles. The van der Waals surface area contributed by atoms with Crippen LogP contribution in [0.3, 0.4) is 0 Å². The minimum atomic E-state index is -1.58. The average molecular weight is 263 g/mol. The fourth-order valence-electron chi connectivity index (χ4n) is 2.29. The molecule has 0 amide bonds. The lowest BCUT2D eigenvalue weighted by Gasteiger charge is -2.29. The highest BCUT2D eigenvalue weighted by Gasteiger charge is 2.29. The van der Waals surface area contributed by atoms with Crippen molar-refractivity contribution < 1.29 is 19.0 Å². The number of carboxylic acid groups (broad SMARTS) is 1. The number of halogens is 1. The number of benzene rings is 1. The summed E-state index contributed by atoms with van der Waals surface area (Å²) in [6.07, 6.45) is -0.404. The van der Waals surface area contributed by atoms with E-state index in [0.29, 0.717) is 5.52 Å². The number of nitrogens with zero attached hydrogens (tertiary/aromatic N) is 1. The number of pyridine rings is 1. The summed E-state index contributed by atoms with van der Waals surface area (Å²) in [4.78, 5) is 23.1. The molecule has 3 rings (SSSR count). The number of hydrogen-bond acceptors (Lipinski definition) is 3. The summed E-state index contributed by atoms with van der Waals surface area (Å²) < 4.78 is 20.3. The SMILES string of the molecule is C[C@H]1C(F)Oc2cccc3c(=O)c(C(=O)O)cn1c23. The summed E-state index contributed by atoms with van der Waals surface area (Å²) >= 11 is 0. The number of alkyl halides is 1. The Bertz CT molecular complexity index is 752. The summed E-state index contributed by atoms with van der Waals surface area (Å²) in [5.41, 5.74) is -0.529. The van der Waals surface area contributed by atoms with Crippen LogP contribution in [0.5, 0.6) is 5.75 Å². The highest BCUT2D eigenvalue weighted by atomic mass is 19.1. The van der Waals surface area contributed by atoms with E-state index in [-0.39, 0.29) is 16.7 Å². The van der Waals surface area contributed by atoms with Gasteiger partial charge < -0.3 is 14.4 Å². The molecule has 2 atom stereocenters. The van der Waals surface area contributed by atoms with Gasteiger partial charge in [0.25, 0.3) is 6.36 Å². The molecular weight excluding hydrogens is 253 g/mol. The molecule has 2 heterocycles. The number of aromatic nitrogens is 1. The Kier molecular flexibility index (Phi) is 2.35. The molecule has 1 aliphatic rings. The van der Waals surface area contributed by atoms with Crippen molar-refractivity contribution in [3.8, 4) is 5.75 Å². The number of para-hydroxylation sites is 1. The van der Waals surface area contributed by atoms with Gasteiger partial charge in [-0.2, -0.15) is 4.39 Å². The third kappa shape index (κ3) is 1.53. The van der Waals surface area contributed by atoms with Crippen LogP contribution in [-0.2, 0) is 0 Å². The molecule has 1 aromatic carbocycles. The summed E-state index contributed by atoms with van der Waals surface area (Å²) in [5, 5.41) is 9.26. The number of carbonyl (C=O) groups is 1. The first-order chi connectivity index (χ1) is 9.00. The molecule has 0 fully saturated rings. The normalized spacial score (nSPS) is 21.2. The van der Waals surface area contributed by atoms with Crippen LogP contribution < -0.4 is 10.2 Å². The van der Waals surface area contributed by atoms with E-state index in [9.17, 15) is 14.0 Å². The molecule has 1 N–H and O–H groups in total. The van der Waals surface area contributed by atoms with Gasteiger partial charge in [0.15, 0.2) is 0 Å². The van der Waals surface area contributed by atoms with Crippen LogP contribution >= 0.6 is 0 Å². The van der Waals surface area contributed by atoms with Crippen molar-refractivity contribution in [2.75, 3.05) is 0 Å². The minimum Gasteiger partial charge on any atom is -0.477 e. The Morgan fingerprint density at radius 1 is 1.47 bits per heavy atom. The molecule has 2 aromatic rings. The van der Waals surface area contributed by atoms with Crippen molar-refractivity contribution in [1.82, 2.24) is 4.57 Å². The molecule has 98 valence electrons. The van der Waals surface area contributed by atoms with Gasteiger partial charge in [-0.05, 0) is 19.1 Å². The first-order valence-corrected chi connectivity index (χ1v) is 5.72. The smallest absolute Gasteiger partial charge is 0.341 e. The third-order valence-corrected chi connectivity index (χ3v) is 3.30. The largest absolute Gasteiger partial charge is 0.477 e. The summed E-state index contributed by atoms with van der Waals surface area (Å²) in [6.45, 7) is 1.57. The fourth-order valence-corrected chi connectivity index (χ4v) is 2.29. The van der Waals surface area contributed by atoms with Gasteiger partial charge in [-0.25, -0.2) is 4.79 Å². The van der Waals surface area contributed by atoms with Gasteiger partial charge in [-0.3, -0.25) is 4.79 Å². The molecule has 19 heavy (non-hydrogen) atoms. The molecule has 0 bridgehead atoms. The molecular formula is C13H10FNO4. The zero-order chi connectivity index (χ0) is 13.7. The van der Waals surface area contributed by atoms with E-state index >= 15 is 0 Å². The Labute approximate surface area is 106 Å². The molecule has 1 unspecified atom stereocenters. The van der Waals surface area contributed by atoms with Crippen molar-refractivity contribution in [3.63, 3.8) is 0 Å². The van der Waals surface area contributed by atoms with E-state index in [1.54, 1.807) is 13.0 Å². The van der Waals surface area contributed by atoms with E-state index in [2.05, 4.69) is 0 Å². The van der Waals surface area contributed by atoms with Crippen LogP contribution in [0.25, 0.3) is 10.9 Å². The van der Waals surface area contributed by atoms with Crippen molar-refractivity contribution in [1.29, 1.82) is 0 Å². The quantitative estimate of drug-likeness (QED) is 0.853. The number of rotatable bonds is 1. The van der Waals surface area contributed by atoms with Gasteiger partial charge in [-0.15, -0.1) is 0 Å². The maximum atomic E-state index is 13.7. The molecule has 0 radical (unpaired) electrons. The number of aromatic carboxylic acids is 1. The van der Waals surface area contributed by atoms with E-state index in [1.165, 1.54) is 22.9 Å². The van der Waals surface area contributed by atoms with Crippen molar-refractivity contribution >= 4 is 16.9 Å². The second-order valence-corrected chi connectivity index (χ2v) is 4.45. The molecule has 6 heteroatoms. The van der Waals surface area contributed by atoms with Gasteiger partial charge in [-0.1, -0.05) is 6.07 Å². The third-order valence-electron chi connectivity index (χ3n) is 3.30. The zero-order valence-electron chi connectivity index (χ0n) is 9.96. The van der Waals surface area contributed by atoms with E-state index < -0.39 is 23.8 Å².